The summed E-state index contributed by atoms with van der Waals surface area (Å²) < 4.78 is 0. The Bertz CT molecular complexity index is 690. The van der Waals surface area contributed by atoms with Gasteiger partial charge in [0.25, 0.3) is 5.91 Å². The van der Waals surface area contributed by atoms with Gasteiger partial charge in [-0.1, -0.05) is 23.4 Å². The van der Waals surface area contributed by atoms with Crippen molar-refractivity contribution in [1.29, 1.82) is 0 Å². The minimum Gasteiger partial charge on any atom is -0.395 e. The molecule has 2 rings (SSSR count). The van der Waals surface area contributed by atoms with E-state index in [0.29, 0.717) is 28.3 Å². The monoisotopic (exact) mass is 300 g/mol. The van der Waals surface area contributed by atoms with E-state index < -0.39 is 0 Å². The fourth-order valence-corrected chi connectivity index (χ4v) is 1.81. The summed E-state index contributed by atoms with van der Waals surface area (Å²) in [5, 5.41) is 12.1. The van der Waals surface area contributed by atoms with Gasteiger partial charge in [-0.05, 0) is 30.3 Å². The van der Waals surface area contributed by atoms with Crippen molar-refractivity contribution in [2.45, 2.75) is 6.42 Å². The number of benzene rings is 1. The molecule has 1 aromatic carbocycles. The molecule has 21 heavy (non-hydrogen) atoms. The van der Waals surface area contributed by atoms with Crippen LogP contribution in [0.3, 0.4) is 0 Å². The summed E-state index contributed by atoms with van der Waals surface area (Å²) in [4.78, 5) is 16.0. The standard InChI is InChI=1S/C16H13ClN2O2/c17-14-4-5-15(13(11-14)3-1-2-10-20)19-16(21)12-6-8-18-9-7-12/h4-9,11,20H,2,10H2,(H,19,21). The van der Waals surface area contributed by atoms with E-state index in [1.54, 1.807) is 42.7 Å². The van der Waals surface area contributed by atoms with Crippen LogP contribution in [0.25, 0.3) is 0 Å². The molecule has 2 aromatic rings. The number of rotatable bonds is 3. The van der Waals surface area contributed by atoms with Gasteiger partial charge in [-0.2, -0.15) is 0 Å². The molecular formula is C16H13ClN2O2. The molecule has 0 aliphatic carbocycles. The number of carbonyl (C=O) groups excluding carboxylic acids is 1. The summed E-state index contributed by atoms with van der Waals surface area (Å²) in [6.07, 6.45) is 3.47. The van der Waals surface area contributed by atoms with E-state index in [-0.39, 0.29) is 12.5 Å². The van der Waals surface area contributed by atoms with E-state index in [0.717, 1.165) is 0 Å². The first-order chi connectivity index (χ1) is 10.2. The Labute approximate surface area is 127 Å². The highest BCUT2D eigenvalue weighted by molar-refractivity contribution is 6.30. The van der Waals surface area contributed by atoms with E-state index in [9.17, 15) is 4.79 Å². The molecule has 0 radical (unpaired) electrons. The van der Waals surface area contributed by atoms with Crippen LogP contribution >= 0.6 is 11.6 Å². The maximum Gasteiger partial charge on any atom is 0.255 e. The number of nitrogens with zero attached hydrogens (tertiary/aromatic N) is 1. The lowest BCUT2D eigenvalue weighted by molar-refractivity contribution is 0.102. The largest absolute Gasteiger partial charge is 0.395 e. The highest BCUT2D eigenvalue weighted by atomic mass is 35.5. The Morgan fingerprint density at radius 3 is 2.76 bits per heavy atom. The highest BCUT2D eigenvalue weighted by Crippen LogP contribution is 2.20. The molecule has 0 fully saturated rings. The van der Waals surface area contributed by atoms with E-state index in [2.05, 4.69) is 22.1 Å². The number of pyridine rings is 1. The number of aliphatic hydroxyl groups excluding tert-OH is 1. The number of halogens is 1. The molecule has 0 aliphatic rings. The van der Waals surface area contributed by atoms with Crippen molar-refractivity contribution >= 4 is 23.2 Å². The molecule has 0 saturated carbocycles. The molecule has 2 N–H and O–H groups in total. The molecule has 5 heteroatoms. The van der Waals surface area contributed by atoms with Crippen molar-refractivity contribution in [2.24, 2.45) is 0 Å². The van der Waals surface area contributed by atoms with Gasteiger partial charge in [0.2, 0.25) is 0 Å². The first kappa shape index (κ1) is 15.0. The van der Waals surface area contributed by atoms with Gasteiger partial charge < -0.3 is 10.4 Å². The SMILES string of the molecule is O=C(Nc1ccc(Cl)cc1C#CCCO)c1ccncc1. The quantitative estimate of drug-likeness (QED) is 0.857. The average molecular weight is 301 g/mol. The van der Waals surface area contributed by atoms with Crippen molar-refractivity contribution in [1.82, 2.24) is 4.98 Å². The van der Waals surface area contributed by atoms with E-state index >= 15 is 0 Å². The van der Waals surface area contributed by atoms with Crippen molar-refractivity contribution in [3.63, 3.8) is 0 Å². The number of aliphatic hydroxyl groups is 1. The minimum atomic E-state index is -0.245. The molecule has 1 heterocycles. The van der Waals surface area contributed by atoms with Crippen LogP contribution < -0.4 is 5.32 Å². The van der Waals surface area contributed by atoms with E-state index in [4.69, 9.17) is 16.7 Å². The van der Waals surface area contributed by atoms with Gasteiger partial charge in [-0.15, -0.1) is 0 Å². The van der Waals surface area contributed by atoms with E-state index in [1.165, 1.54) is 0 Å². The number of anilines is 1. The number of carbonyl (C=O) groups is 1. The Hall–Kier alpha value is -2.35. The second-order valence-electron chi connectivity index (χ2n) is 4.16. The number of amides is 1. The normalized spacial score (nSPS) is 9.62. The van der Waals surface area contributed by atoms with Crippen LogP contribution in [0.2, 0.25) is 5.02 Å². The Balaban J connectivity index is 2.24. The second kappa shape index (κ2) is 7.44. The number of hydrogen-bond donors (Lipinski definition) is 2. The molecule has 0 unspecified atom stereocenters. The third-order valence-electron chi connectivity index (χ3n) is 2.63. The first-order valence-electron chi connectivity index (χ1n) is 6.31. The van der Waals surface area contributed by atoms with E-state index in [1.807, 2.05) is 0 Å². The van der Waals surface area contributed by atoms with Crippen LogP contribution in [0.5, 0.6) is 0 Å². The summed E-state index contributed by atoms with van der Waals surface area (Å²) >= 11 is 5.95. The Morgan fingerprint density at radius 1 is 1.29 bits per heavy atom. The summed E-state index contributed by atoms with van der Waals surface area (Å²) in [6, 6.07) is 8.31. The Kier molecular flexibility index (Phi) is 5.33. The first-order valence-corrected chi connectivity index (χ1v) is 6.69. The zero-order valence-corrected chi connectivity index (χ0v) is 11.9. The van der Waals surface area contributed by atoms with Gasteiger partial charge in [-0.25, -0.2) is 0 Å². The maximum absolute atomic E-state index is 12.1. The number of hydrogen-bond acceptors (Lipinski definition) is 3. The predicted octanol–water partition coefficient (Wildman–Crippen LogP) is 2.72. The van der Waals surface area contributed by atoms with Gasteiger partial charge in [-0.3, -0.25) is 9.78 Å². The van der Waals surface area contributed by atoms with Crippen LogP contribution in [0.1, 0.15) is 22.3 Å². The third kappa shape index (κ3) is 4.32. The van der Waals surface area contributed by atoms with Crippen molar-refractivity contribution in [2.75, 3.05) is 11.9 Å². The molecular weight excluding hydrogens is 288 g/mol. The topological polar surface area (TPSA) is 62.2 Å². The molecule has 0 aliphatic heterocycles. The third-order valence-corrected chi connectivity index (χ3v) is 2.87. The summed E-state index contributed by atoms with van der Waals surface area (Å²) in [7, 11) is 0. The molecule has 1 aromatic heterocycles. The zero-order valence-electron chi connectivity index (χ0n) is 11.1. The number of aromatic nitrogens is 1. The van der Waals surface area contributed by atoms with Crippen molar-refractivity contribution in [3.05, 3.63) is 58.9 Å². The molecule has 0 saturated heterocycles. The highest BCUT2D eigenvalue weighted by Gasteiger charge is 2.08. The summed E-state index contributed by atoms with van der Waals surface area (Å²) in [6.45, 7) is -0.00767. The lowest BCUT2D eigenvalue weighted by Crippen LogP contribution is -2.12. The number of nitrogens with one attached hydrogen (secondary N) is 1. The van der Waals surface area contributed by atoms with Gasteiger partial charge >= 0.3 is 0 Å². The van der Waals surface area contributed by atoms with Crippen LogP contribution in [0, 0.1) is 11.8 Å². The average Bonchev–Trinajstić information content (AvgIpc) is 2.51. The lowest BCUT2D eigenvalue weighted by atomic mass is 10.1. The van der Waals surface area contributed by atoms with Gasteiger partial charge in [0.1, 0.15) is 0 Å². The van der Waals surface area contributed by atoms with Crippen LogP contribution in [-0.2, 0) is 0 Å². The molecule has 0 bridgehead atoms. The predicted molar refractivity (Wildman–Crippen MR) is 82.2 cm³/mol. The molecule has 106 valence electrons. The smallest absolute Gasteiger partial charge is 0.255 e. The maximum atomic E-state index is 12.1. The van der Waals surface area contributed by atoms with Crippen LogP contribution in [-0.4, -0.2) is 22.6 Å². The molecule has 1 amide bonds. The van der Waals surface area contributed by atoms with Gasteiger partial charge in [0.05, 0.1) is 12.3 Å². The molecule has 0 atom stereocenters. The second-order valence-corrected chi connectivity index (χ2v) is 4.59. The fourth-order valence-electron chi connectivity index (χ4n) is 1.64. The van der Waals surface area contributed by atoms with Crippen molar-refractivity contribution in [3.8, 4) is 11.8 Å². The fraction of sp³-hybridized carbons (Fsp3) is 0.125. The summed E-state index contributed by atoms with van der Waals surface area (Å²) in [5.74, 6) is 5.46. The Morgan fingerprint density at radius 2 is 2.05 bits per heavy atom. The minimum absolute atomic E-state index is 0.00767. The molecule has 4 nitrogen and oxygen atoms in total. The van der Waals surface area contributed by atoms with Crippen LogP contribution in [0.15, 0.2) is 42.7 Å². The van der Waals surface area contributed by atoms with Crippen molar-refractivity contribution < 1.29 is 9.90 Å². The van der Waals surface area contributed by atoms with Crippen LogP contribution in [0.4, 0.5) is 5.69 Å². The summed E-state index contributed by atoms with van der Waals surface area (Å²) in [5.41, 5.74) is 1.69. The molecule has 0 spiro atoms. The zero-order chi connectivity index (χ0) is 15.1. The van der Waals surface area contributed by atoms with Gasteiger partial charge in [0, 0.05) is 35.0 Å². The van der Waals surface area contributed by atoms with Gasteiger partial charge in [0.15, 0.2) is 0 Å². The lowest BCUT2D eigenvalue weighted by Gasteiger charge is -2.08.